The molecule has 0 aliphatic heterocycles. The summed E-state index contributed by atoms with van der Waals surface area (Å²) in [5.74, 6) is 1.89. The zero-order chi connectivity index (χ0) is 12.4. The van der Waals surface area contributed by atoms with Gasteiger partial charge in [0.2, 0.25) is 0 Å². The van der Waals surface area contributed by atoms with Crippen molar-refractivity contribution >= 4 is 0 Å². The Balaban J connectivity index is 2.38. The van der Waals surface area contributed by atoms with E-state index < -0.39 is 0 Å². The van der Waals surface area contributed by atoms with Crippen LogP contribution in [0.2, 0.25) is 0 Å². The van der Waals surface area contributed by atoms with Crippen LogP contribution in [0.15, 0.2) is 36.4 Å². The highest BCUT2D eigenvalue weighted by molar-refractivity contribution is 5.44. The lowest BCUT2D eigenvalue weighted by atomic mass is 10.1. The Bertz CT molecular complexity index is 501. The summed E-state index contributed by atoms with van der Waals surface area (Å²) in [5.41, 5.74) is 4.80. The molecule has 0 aliphatic carbocycles. The van der Waals surface area contributed by atoms with E-state index in [1.54, 1.807) is 0 Å². The van der Waals surface area contributed by atoms with E-state index in [1.165, 1.54) is 22.3 Å². The second-order valence-electron chi connectivity index (χ2n) is 4.65. The van der Waals surface area contributed by atoms with Crippen molar-refractivity contribution in [1.82, 2.24) is 0 Å². The summed E-state index contributed by atoms with van der Waals surface area (Å²) in [4.78, 5) is 0. The third-order valence-corrected chi connectivity index (χ3v) is 2.82. The second kappa shape index (κ2) is 4.62. The van der Waals surface area contributed by atoms with Crippen molar-refractivity contribution in [3.8, 4) is 11.5 Å². The van der Waals surface area contributed by atoms with Gasteiger partial charge in [0, 0.05) is 0 Å². The van der Waals surface area contributed by atoms with Crippen molar-refractivity contribution in [2.75, 3.05) is 0 Å². The van der Waals surface area contributed by atoms with E-state index in [2.05, 4.69) is 64.1 Å². The van der Waals surface area contributed by atoms with Gasteiger partial charge in [-0.3, -0.25) is 0 Å². The quantitative estimate of drug-likeness (QED) is 0.720. The van der Waals surface area contributed by atoms with Crippen LogP contribution in [0, 0.1) is 27.7 Å². The molecule has 0 aromatic heterocycles. The number of hydrogen-bond donors (Lipinski definition) is 0. The average Bonchev–Trinajstić information content (AvgIpc) is 2.22. The molecule has 0 radical (unpaired) electrons. The fourth-order valence-electron chi connectivity index (χ4n) is 2.07. The molecule has 0 unspecified atom stereocenters. The molecule has 0 heterocycles. The molecule has 17 heavy (non-hydrogen) atoms. The standard InChI is InChI=1S/C16H18O/c1-11-8-12(2)10-15(9-11)17-16-13(3)6-5-7-14(16)4/h5-10H,1-4H3. The number of ether oxygens (including phenoxy) is 1. The Hall–Kier alpha value is -1.76. The van der Waals surface area contributed by atoms with E-state index in [4.69, 9.17) is 4.74 Å². The molecular formula is C16H18O. The van der Waals surface area contributed by atoms with Crippen molar-refractivity contribution in [3.05, 3.63) is 58.7 Å². The van der Waals surface area contributed by atoms with Gasteiger partial charge in [-0.1, -0.05) is 24.3 Å². The minimum Gasteiger partial charge on any atom is -0.457 e. The maximum absolute atomic E-state index is 6.00. The lowest BCUT2D eigenvalue weighted by Crippen LogP contribution is -1.91. The molecule has 1 heteroatoms. The summed E-state index contributed by atoms with van der Waals surface area (Å²) in [6.07, 6.45) is 0. The molecule has 88 valence electrons. The first kappa shape index (κ1) is 11.7. The molecule has 2 rings (SSSR count). The average molecular weight is 226 g/mol. The molecule has 0 N–H and O–H groups in total. The van der Waals surface area contributed by atoms with Crippen LogP contribution in [-0.2, 0) is 0 Å². The largest absolute Gasteiger partial charge is 0.457 e. The SMILES string of the molecule is Cc1cc(C)cc(Oc2c(C)cccc2C)c1. The summed E-state index contributed by atoms with van der Waals surface area (Å²) in [5, 5.41) is 0. The minimum absolute atomic E-state index is 0.917. The Labute approximate surface area is 103 Å². The van der Waals surface area contributed by atoms with Crippen molar-refractivity contribution in [1.29, 1.82) is 0 Å². The van der Waals surface area contributed by atoms with Crippen LogP contribution in [0.3, 0.4) is 0 Å². The molecule has 0 saturated carbocycles. The highest BCUT2D eigenvalue weighted by Gasteiger charge is 2.05. The Morgan fingerprint density at radius 2 is 1.29 bits per heavy atom. The molecule has 2 aromatic rings. The van der Waals surface area contributed by atoms with E-state index in [-0.39, 0.29) is 0 Å². The molecule has 0 aliphatic rings. The second-order valence-corrected chi connectivity index (χ2v) is 4.65. The lowest BCUT2D eigenvalue weighted by Gasteiger charge is -2.12. The predicted molar refractivity (Wildman–Crippen MR) is 71.9 cm³/mol. The van der Waals surface area contributed by atoms with Crippen LogP contribution in [0.25, 0.3) is 0 Å². The first-order chi connectivity index (χ1) is 8.06. The van der Waals surface area contributed by atoms with E-state index >= 15 is 0 Å². The number of hydrogen-bond acceptors (Lipinski definition) is 1. The maximum atomic E-state index is 6.00. The Morgan fingerprint density at radius 3 is 1.82 bits per heavy atom. The molecule has 0 atom stereocenters. The Kier molecular flexibility index (Phi) is 3.19. The summed E-state index contributed by atoms with van der Waals surface area (Å²) in [7, 11) is 0. The normalized spacial score (nSPS) is 10.4. The van der Waals surface area contributed by atoms with Crippen molar-refractivity contribution in [2.45, 2.75) is 27.7 Å². The molecule has 1 nitrogen and oxygen atoms in total. The zero-order valence-corrected chi connectivity index (χ0v) is 10.9. The highest BCUT2D eigenvalue weighted by atomic mass is 16.5. The summed E-state index contributed by atoms with van der Waals surface area (Å²) < 4.78 is 6.00. The monoisotopic (exact) mass is 226 g/mol. The van der Waals surface area contributed by atoms with Gasteiger partial charge in [-0.25, -0.2) is 0 Å². The van der Waals surface area contributed by atoms with Crippen molar-refractivity contribution < 1.29 is 4.74 Å². The van der Waals surface area contributed by atoms with E-state index in [1.807, 2.05) is 0 Å². The van der Waals surface area contributed by atoms with Crippen LogP contribution in [-0.4, -0.2) is 0 Å². The molecule has 0 spiro atoms. The van der Waals surface area contributed by atoms with Crippen LogP contribution >= 0.6 is 0 Å². The van der Waals surface area contributed by atoms with E-state index in [9.17, 15) is 0 Å². The molecule has 0 fully saturated rings. The van der Waals surface area contributed by atoms with E-state index in [0.717, 1.165) is 11.5 Å². The molecule has 2 aromatic carbocycles. The number of aryl methyl sites for hydroxylation is 4. The van der Waals surface area contributed by atoms with Crippen molar-refractivity contribution in [3.63, 3.8) is 0 Å². The smallest absolute Gasteiger partial charge is 0.133 e. The fraction of sp³-hybridized carbons (Fsp3) is 0.250. The van der Waals surface area contributed by atoms with Gasteiger partial charge in [0.05, 0.1) is 0 Å². The van der Waals surface area contributed by atoms with Crippen LogP contribution in [0.4, 0.5) is 0 Å². The third kappa shape index (κ3) is 2.68. The Morgan fingerprint density at radius 1 is 0.765 bits per heavy atom. The molecule has 0 saturated heterocycles. The zero-order valence-electron chi connectivity index (χ0n) is 10.9. The van der Waals surface area contributed by atoms with Gasteiger partial charge >= 0.3 is 0 Å². The first-order valence-electron chi connectivity index (χ1n) is 5.88. The minimum atomic E-state index is 0.917. The van der Waals surface area contributed by atoms with Gasteiger partial charge in [0.25, 0.3) is 0 Å². The number of benzene rings is 2. The number of para-hydroxylation sites is 1. The third-order valence-electron chi connectivity index (χ3n) is 2.82. The van der Waals surface area contributed by atoms with Gasteiger partial charge in [-0.05, 0) is 62.1 Å². The van der Waals surface area contributed by atoms with Gasteiger partial charge < -0.3 is 4.74 Å². The summed E-state index contributed by atoms with van der Waals surface area (Å²) >= 11 is 0. The van der Waals surface area contributed by atoms with Gasteiger partial charge in [0.1, 0.15) is 11.5 Å². The van der Waals surface area contributed by atoms with Gasteiger partial charge in [-0.15, -0.1) is 0 Å². The summed E-state index contributed by atoms with van der Waals surface area (Å²) in [6.45, 7) is 8.32. The van der Waals surface area contributed by atoms with Crippen LogP contribution in [0.5, 0.6) is 11.5 Å². The summed E-state index contributed by atoms with van der Waals surface area (Å²) in [6, 6.07) is 12.5. The predicted octanol–water partition coefficient (Wildman–Crippen LogP) is 4.71. The first-order valence-corrected chi connectivity index (χ1v) is 5.88. The van der Waals surface area contributed by atoms with Crippen LogP contribution < -0.4 is 4.74 Å². The topological polar surface area (TPSA) is 9.23 Å². The van der Waals surface area contributed by atoms with Crippen LogP contribution in [0.1, 0.15) is 22.3 Å². The van der Waals surface area contributed by atoms with E-state index in [0.29, 0.717) is 0 Å². The lowest BCUT2D eigenvalue weighted by molar-refractivity contribution is 0.474. The molecular weight excluding hydrogens is 208 g/mol. The maximum Gasteiger partial charge on any atom is 0.133 e. The fourth-order valence-corrected chi connectivity index (χ4v) is 2.07. The molecule has 0 amide bonds. The van der Waals surface area contributed by atoms with Gasteiger partial charge in [-0.2, -0.15) is 0 Å². The number of rotatable bonds is 2. The van der Waals surface area contributed by atoms with Gasteiger partial charge in [0.15, 0.2) is 0 Å². The highest BCUT2D eigenvalue weighted by Crippen LogP contribution is 2.29. The molecule has 0 bridgehead atoms. The van der Waals surface area contributed by atoms with Crippen molar-refractivity contribution in [2.24, 2.45) is 0 Å².